The van der Waals surface area contributed by atoms with Crippen LogP contribution in [0.1, 0.15) is 20.3 Å². The van der Waals surface area contributed by atoms with Crippen LogP contribution in [0.2, 0.25) is 0 Å². The number of hydrogen-bond donors (Lipinski definition) is 1. The molecule has 0 saturated carbocycles. The van der Waals surface area contributed by atoms with Gasteiger partial charge in [-0.05, 0) is 13.3 Å². The smallest absolute Gasteiger partial charge is 0.407 e. The van der Waals surface area contributed by atoms with E-state index >= 15 is 0 Å². The molecule has 0 aliphatic carbocycles. The number of hydrogen-bond acceptors (Lipinski definition) is 2. The van der Waals surface area contributed by atoms with E-state index in [2.05, 4.69) is 10.1 Å². The molecule has 0 rings (SSSR count). The minimum Gasteiger partial charge on any atom is -0.450 e. The van der Waals surface area contributed by atoms with Crippen LogP contribution >= 0.6 is 0 Å². The number of allylic oxidation sites excluding steroid dienone is 1. The first kappa shape index (κ1) is 10.0. The Morgan fingerprint density at radius 3 is 2.73 bits per heavy atom. The van der Waals surface area contributed by atoms with E-state index in [1.807, 2.05) is 19.1 Å². The molecule has 0 fully saturated rings. The van der Waals surface area contributed by atoms with Gasteiger partial charge in [-0.1, -0.05) is 19.1 Å². The minimum absolute atomic E-state index is 0.353. The summed E-state index contributed by atoms with van der Waals surface area (Å²) in [4.78, 5) is 10.6. The van der Waals surface area contributed by atoms with Crippen molar-refractivity contribution in [1.82, 2.24) is 5.32 Å². The fraction of sp³-hybridized carbons (Fsp3) is 0.625. The lowest BCUT2D eigenvalue weighted by Gasteiger charge is -2.00. The molecular formula is C8H15NO2. The molecule has 0 unspecified atom stereocenters. The Kier molecular flexibility index (Phi) is 6.48. The van der Waals surface area contributed by atoms with Gasteiger partial charge in [-0.15, -0.1) is 0 Å². The van der Waals surface area contributed by atoms with E-state index in [1.54, 1.807) is 6.92 Å². The molecule has 0 bridgehead atoms. The van der Waals surface area contributed by atoms with E-state index in [0.29, 0.717) is 13.2 Å². The first-order chi connectivity index (χ1) is 5.31. The maximum atomic E-state index is 10.6. The molecule has 0 atom stereocenters. The molecule has 0 aliphatic heterocycles. The zero-order valence-electron chi connectivity index (χ0n) is 7.09. The average molecular weight is 157 g/mol. The van der Waals surface area contributed by atoms with Gasteiger partial charge in [0.2, 0.25) is 0 Å². The molecule has 0 aromatic heterocycles. The third-order valence-corrected chi connectivity index (χ3v) is 1.04. The van der Waals surface area contributed by atoms with Crippen LogP contribution in [0.25, 0.3) is 0 Å². The maximum Gasteiger partial charge on any atom is 0.407 e. The highest BCUT2D eigenvalue weighted by Gasteiger charge is 1.94. The van der Waals surface area contributed by atoms with Crippen molar-refractivity contribution in [3.8, 4) is 0 Å². The molecule has 0 radical (unpaired) electrons. The third kappa shape index (κ3) is 6.90. The number of carbonyl (C=O) groups is 1. The van der Waals surface area contributed by atoms with Crippen LogP contribution in [0.5, 0.6) is 0 Å². The fourth-order valence-corrected chi connectivity index (χ4v) is 0.574. The van der Waals surface area contributed by atoms with Gasteiger partial charge in [-0.3, -0.25) is 0 Å². The lowest BCUT2D eigenvalue weighted by molar-refractivity contribution is 0.153. The molecule has 11 heavy (non-hydrogen) atoms. The van der Waals surface area contributed by atoms with Crippen LogP contribution in [-0.4, -0.2) is 19.2 Å². The molecule has 64 valence electrons. The Bertz CT molecular complexity index is 132. The van der Waals surface area contributed by atoms with Crippen LogP contribution in [0.4, 0.5) is 4.79 Å². The van der Waals surface area contributed by atoms with Gasteiger partial charge in [0.05, 0.1) is 6.61 Å². The molecule has 0 aliphatic rings. The topological polar surface area (TPSA) is 38.3 Å². The Labute approximate surface area is 67.4 Å². The highest BCUT2D eigenvalue weighted by molar-refractivity contribution is 5.67. The van der Waals surface area contributed by atoms with Crippen LogP contribution in [0.3, 0.4) is 0 Å². The van der Waals surface area contributed by atoms with Gasteiger partial charge in [0.25, 0.3) is 0 Å². The number of ether oxygens (including phenoxy) is 1. The summed E-state index contributed by atoms with van der Waals surface area (Å²) in [6, 6.07) is 0. The lowest BCUT2D eigenvalue weighted by atomic mass is 10.4. The predicted molar refractivity (Wildman–Crippen MR) is 44.5 cm³/mol. The predicted octanol–water partition coefficient (Wildman–Crippen LogP) is 1.70. The summed E-state index contributed by atoms with van der Waals surface area (Å²) < 4.78 is 4.64. The molecule has 0 heterocycles. The zero-order chi connectivity index (χ0) is 8.53. The number of alkyl carbamates (subject to hydrolysis) is 1. The number of rotatable bonds is 4. The van der Waals surface area contributed by atoms with Crippen LogP contribution in [-0.2, 0) is 4.74 Å². The fourth-order valence-electron chi connectivity index (χ4n) is 0.574. The van der Waals surface area contributed by atoms with Crippen molar-refractivity contribution < 1.29 is 9.53 Å². The van der Waals surface area contributed by atoms with Gasteiger partial charge in [-0.2, -0.15) is 0 Å². The first-order valence-electron chi connectivity index (χ1n) is 3.86. The summed E-state index contributed by atoms with van der Waals surface area (Å²) in [6.07, 6.45) is 4.53. The van der Waals surface area contributed by atoms with Gasteiger partial charge >= 0.3 is 6.09 Å². The number of carbonyl (C=O) groups excluding carboxylic acids is 1. The Balaban J connectivity index is 3.24. The molecule has 1 N–H and O–H groups in total. The molecule has 1 amide bonds. The normalized spacial score (nSPS) is 10.0. The largest absolute Gasteiger partial charge is 0.450 e. The van der Waals surface area contributed by atoms with Crippen LogP contribution in [0.15, 0.2) is 12.2 Å². The van der Waals surface area contributed by atoms with E-state index in [0.717, 1.165) is 6.42 Å². The maximum absolute atomic E-state index is 10.6. The lowest BCUT2D eigenvalue weighted by Crippen LogP contribution is -2.24. The molecular weight excluding hydrogens is 142 g/mol. The summed E-state index contributed by atoms with van der Waals surface area (Å²) in [6.45, 7) is 4.79. The Hall–Kier alpha value is -0.990. The molecule has 0 aromatic rings. The number of nitrogens with one attached hydrogen (secondary N) is 1. The van der Waals surface area contributed by atoms with E-state index in [1.165, 1.54) is 0 Å². The van der Waals surface area contributed by atoms with E-state index in [-0.39, 0.29) is 6.09 Å². The van der Waals surface area contributed by atoms with Crippen molar-refractivity contribution in [2.45, 2.75) is 20.3 Å². The van der Waals surface area contributed by atoms with Crippen molar-refractivity contribution in [3.05, 3.63) is 12.2 Å². The van der Waals surface area contributed by atoms with Crippen molar-refractivity contribution >= 4 is 6.09 Å². The first-order valence-corrected chi connectivity index (χ1v) is 3.86. The highest BCUT2D eigenvalue weighted by Crippen LogP contribution is 1.79. The van der Waals surface area contributed by atoms with Gasteiger partial charge in [0.1, 0.15) is 0 Å². The van der Waals surface area contributed by atoms with E-state index in [4.69, 9.17) is 0 Å². The van der Waals surface area contributed by atoms with Crippen molar-refractivity contribution in [2.24, 2.45) is 0 Å². The summed E-state index contributed by atoms with van der Waals surface area (Å²) >= 11 is 0. The van der Waals surface area contributed by atoms with Crippen molar-refractivity contribution in [2.75, 3.05) is 13.2 Å². The second-order valence-corrected chi connectivity index (χ2v) is 1.98. The van der Waals surface area contributed by atoms with Gasteiger partial charge in [0.15, 0.2) is 0 Å². The molecule has 3 nitrogen and oxygen atoms in total. The Morgan fingerprint density at radius 2 is 2.18 bits per heavy atom. The molecule has 3 heteroatoms. The van der Waals surface area contributed by atoms with Gasteiger partial charge < -0.3 is 10.1 Å². The van der Waals surface area contributed by atoms with Crippen molar-refractivity contribution in [3.63, 3.8) is 0 Å². The standard InChI is InChI=1S/C8H15NO2/c1-3-5-6-7-9-8(10)11-4-2/h5-6H,3-4,7H2,1-2H3,(H,9,10)/b6-5-. The second kappa shape index (κ2) is 7.12. The SMILES string of the molecule is CC/C=C\CNC(=O)OCC. The Morgan fingerprint density at radius 1 is 1.45 bits per heavy atom. The average Bonchev–Trinajstić information content (AvgIpc) is 1.99. The van der Waals surface area contributed by atoms with E-state index in [9.17, 15) is 4.79 Å². The van der Waals surface area contributed by atoms with Gasteiger partial charge in [0, 0.05) is 6.54 Å². The van der Waals surface area contributed by atoms with Gasteiger partial charge in [-0.25, -0.2) is 4.79 Å². The summed E-state index contributed by atoms with van der Waals surface area (Å²) in [7, 11) is 0. The molecule has 0 spiro atoms. The summed E-state index contributed by atoms with van der Waals surface area (Å²) in [5.74, 6) is 0. The van der Waals surface area contributed by atoms with Crippen LogP contribution < -0.4 is 5.32 Å². The third-order valence-electron chi connectivity index (χ3n) is 1.04. The zero-order valence-corrected chi connectivity index (χ0v) is 7.09. The quantitative estimate of drug-likeness (QED) is 0.631. The monoisotopic (exact) mass is 157 g/mol. The summed E-state index contributed by atoms with van der Waals surface area (Å²) in [5.41, 5.74) is 0. The highest BCUT2D eigenvalue weighted by atomic mass is 16.5. The number of amides is 1. The second-order valence-electron chi connectivity index (χ2n) is 1.98. The van der Waals surface area contributed by atoms with Crippen LogP contribution in [0, 0.1) is 0 Å². The minimum atomic E-state index is -0.353. The van der Waals surface area contributed by atoms with E-state index < -0.39 is 0 Å². The molecule has 0 saturated heterocycles. The molecule has 0 aromatic carbocycles. The van der Waals surface area contributed by atoms with Crippen molar-refractivity contribution in [1.29, 1.82) is 0 Å². The summed E-state index contributed by atoms with van der Waals surface area (Å²) in [5, 5.41) is 2.57.